The molecule has 0 aliphatic heterocycles. The molecule has 1 atom stereocenters. The lowest BCUT2D eigenvalue weighted by atomic mass is 10.0. The Bertz CT molecular complexity index is 354. The molecular formula is C11H19ClN4O2. The number of hydrogen-bond acceptors (Lipinski definition) is 6. The van der Waals surface area contributed by atoms with Gasteiger partial charge in [0.1, 0.15) is 0 Å². The summed E-state index contributed by atoms with van der Waals surface area (Å²) < 4.78 is 9.98. The molecule has 1 N–H and O–H groups in total. The Morgan fingerprint density at radius 2 is 1.67 bits per heavy atom. The number of methoxy groups -OCH3 is 2. The number of hydrogen-bond donors (Lipinski definition) is 1. The maximum Gasteiger partial charge on any atom is 0.324 e. The first-order valence-electron chi connectivity index (χ1n) is 5.77. The highest BCUT2D eigenvalue weighted by atomic mass is 35.5. The first-order valence-corrected chi connectivity index (χ1v) is 6.30. The molecule has 0 aliphatic carbocycles. The summed E-state index contributed by atoms with van der Waals surface area (Å²) in [6.45, 7) is 4.22. The van der Waals surface area contributed by atoms with Crippen LogP contribution in [0.3, 0.4) is 0 Å². The third kappa shape index (κ3) is 4.18. The molecule has 18 heavy (non-hydrogen) atoms. The Kier molecular flexibility index (Phi) is 5.91. The van der Waals surface area contributed by atoms with Crippen molar-refractivity contribution in [3.63, 3.8) is 0 Å². The number of ether oxygens (including phenoxy) is 2. The molecule has 1 aromatic rings. The Labute approximate surface area is 112 Å². The molecule has 0 amide bonds. The third-order valence-electron chi connectivity index (χ3n) is 2.50. The number of alkyl halides is 1. The van der Waals surface area contributed by atoms with Gasteiger partial charge in [0.05, 0.1) is 14.2 Å². The Morgan fingerprint density at radius 1 is 1.11 bits per heavy atom. The standard InChI is InChI=1S/C11H19ClN4O2/c1-7(2)8(5-6-12)13-9-14-10(17-3)16-11(15-9)18-4/h7-8H,5-6H2,1-4H3,(H,13,14,15,16). The van der Waals surface area contributed by atoms with Crippen LogP contribution < -0.4 is 14.8 Å². The molecule has 0 saturated carbocycles. The van der Waals surface area contributed by atoms with E-state index in [1.54, 1.807) is 0 Å². The van der Waals surface area contributed by atoms with Crippen molar-refractivity contribution in [2.24, 2.45) is 5.92 Å². The van der Waals surface area contributed by atoms with E-state index in [0.717, 1.165) is 6.42 Å². The summed E-state index contributed by atoms with van der Waals surface area (Å²) >= 11 is 5.78. The fraction of sp³-hybridized carbons (Fsp3) is 0.727. The van der Waals surface area contributed by atoms with Gasteiger partial charge in [0.15, 0.2) is 0 Å². The van der Waals surface area contributed by atoms with Crippen molar-refractivity contribution < 1.29 is 9.47 Å². The monoisotopic (exact) mass is 274 g/mol. The van der Waals surface area contributed by atoms with E-state index in [4.69, 9.17) is 21.1 Å². The zero-order chi connectivity index (χ0) is 13.5. The van der Waals surface area contributed by atoms with Gasteiger partial charge in [-0.2, -0.15) is 9.97 Å². The van der Waals surface area contributed by atoms with E-state index in [0.29, 0.717) is 17.7 Å². The van der Waals surface area contributed by atoms with Crippen molar-refractivity contribution in [3.05, 3.63) is 0 Å². The van der Waals surface area contributed by atoms with Gasteiger partial charge in [-0.15, -0.1) is 16.6 Å². The Balaban J connectivity index is 2.87. The highest BCUT2D eigenvalue weighted by Crippen LogP contribution is 2.16. The van der Waals surface area contributed by atoms with E-state index >= 15 is 0 Å². The van der Waals surface area contributed by atoms with Crippen LogP contribution >= 0.6 is 11.6 Å². The lowest BCUT2D eigenvalue weighted by Crippen LogP contribution is -2.27. The molecule has 6 nitrogen and oxygen atoms in total. The van der Waals surface area contributed by atoms with Crippen molar-refractivity contribution in [2.75, 3.05) is 25.4 Å². The van der Waals surface area contributed by atoms with E-state index < -0.39 is 0 Å². The highest BCUT2D eigenvalue weighted by Gasteiger charge is 2.15. The van der Waals surface area contributed by atoms with Crippen molar-refractivity contribution in [2.45, 2.75) is 26.3 Å². The van der Waals surface area contributed by atoms with Crippen LogP contribution in [0.1, 0.15) is 20.3 Å². The third-order valence-corrected chi connectivity index (χ3v) is 2.72. The molecule has 0 fully saturated rings. The molecule has 1 aromatic heterocycles. The van der Waals surface area contributed by atoms with Crippen molar-refractivity contribution in [1.29, 1.82) is 0 Å². The summed E-state index contributed by atoms with van der Waals surface area (Å²) in [5.74, 6) is 1.43. The largest absolute Gasteiger partial charge is 0.467 e. The number of rotatable bonds is 7. The van der Waals surface area contributed by atoms with Crippen molar-refractivity contribution in [3.8, 4) is 12.0 Å². The normalized spacial score (nSPS) is 12.3. The molecule has 7 heteroatoms. The van der Waals surface area contributed by atoms with Gasteiger partial charge < -0.3 is 14.8 Å². The van der Waals surface area contributed by atoms with Gasteiger partial charge in [0.25, 0.3) is 0 Å². The molecule has 0 spiro atoms. The predicted molar refractivity (Wildman–Crippen MR) is 70.5 cm³/mol. The Hall–Kier alpha value is -1.30. The van der Waals surface area contributed by atoms with E-state index in [1.165, 1.54) is 14.2 Å². The van der Waals surface area contributed by atoms with E-state index in [9.17, 15) is 0 Å². The first kappa shape index (κ1) is 14.8. The molecule has 1 heterocycles. The minimum Gasteiger partial charge on any atom is -0.467 e. The zero-order valence-electron chi connectivity index (χ0n) is 11.1. The van der Waals surface area contributed by atoms with Gasteiger partial charge >= 0.3 is 12.0 Å². The van der Waals surface area contributed by atoms with Crippen LogP contribution in [-0.4, -0.2) is 41.1 Å². The molecule has 0 bridgehead atoms. The quantitative estimate of drug-likeness (QED) is 0.767. The van der Waals surface area contributed by atoms with Crippen LogP contribution in [0, 0.1) is 5.92 Å². The molecule has 0 aliphatic rings. The topological polar surface area (TPSA) is 69.2 Å². The fourth-order valence-electron chi connectivity index (χ4n) is 1.44. The maximum atomic E-state index is 5.78. The number of halogens is 1. The van der Waals surface area contributed by atoms with Gasteiger partial charge in [-0.1, -0.05) is 13.8 Å². The summed E-state index contributed by atoms with van der Waals surface area (Å²) in [5.41, 5.74) is 0. The lowest BCUT2D eigenvalue weighted by Gasteiger charge is -2.21. The summed E-state index contributed by atoms with van der Waals surface area (Å²) in [5, 5.41) is 3.22. The molecule has 0 radical (unpaired) electrons. The highest BCUT2D eigenvalue weighted by molar-refractivity contribution is 6.17. The fourth-order valence-corrected chi connectivity index (χ4v) is 1.68. The average molecular weight is 275 g/mol. The van der Waals surface area contributed by atoms with Gasteiger partial charge in [-0.05, 0) is 12.3 Å². The minimum absolute atomic E-state index is 0.194. The maximum absolute atomic E-state index is 5.78. The van der Waals surface area contributed by atoms with Crippen LogP contribution in [0.2, 0.25) is 0 Å². The molecule has 1 unspecified atom stereocenters. The minimum atomic E-state index is 0.194. The number of nitrogens with zero attached hydrogens (tertiary/aromatic N) is 3. The van der Waals surface area contributed by atoms with Gasteiger partial charge in [0, 0.05) is 11.9 Å². The molecule has 1 rings (SSSR count). The molecule has 102 valence electrons. The number of anilines is 1. The summed E-state index contributed by atoms with van der Waals surface area (Å²) in [6.07, 6.45) is 0.829. The van der Waals surface area contributed by atoms with Crippen LogP contribution in [-0.2, 0) is 0 Å². The molecule has 0 saturated heterocycles. The first-order chi connectivity index (χ1) is 8.60. The van der Waals surface area contributed by atoms with Gasteiger partial charge in [0.2, 0.25) is 5.95 Å². The second-order valence-electron chi connectivity index (χ2n) is 4.10. The molecular weight excluding hydrogens is 256 g/mol. The van der Waals surface area contributed by atoms with Crippen LogP contribution in [0.4, 0.5) is 5.95 Å². The summed E-state index contributed by atoms with van der Waals surface area (Å²) in [7, 11) is 2.99. The second kappa shape index (κ2) is 7.20. The van der Waals surface area contributed by atoms with E-state index in [2.05, 4.69) is 34.1 Å². The van der Waals surface area contributed by atoms with E-state index in [-0.39, 0.29) is 18.1 Å². The van der Waals surface area contributed by atoms with Crippen LogP contribution in [0.5, 0.6) is 12.0 Å². The van der Waals surface area contributed by atoms with Crippen LogP contribution in [0.25, 0.3) is 0 Å². The summed E-state index contributed by atoms with van der Waals surface area (Å²) in [6, 6.07) is 0.634. The van der Waals surface area contributed by atoms with Crippen molar-refractivity contribution in [1.82, 2.24) is 15.0 Å². The summed E-state index contributed by atoms with van der Waals surface area (Å²) in [4.78, 5) is 12.2. The second-order valence-corrected chi connectivity index (χ2v) is 4.48. The van der Waals surface area contributed by atoms with Crippen LogP contribution in [0.15, 0.2) is 0 Å². The Morgan fingerprint density at radius 3 is 2.06 bits per heavy atom. The zero-order valence-corrected chi connectivity index (χ0v) is 11.9. The molecule has 0 aromatic carbocycles. The predicted octanol–water partition coefficient (Wildman–Crippen LogP) is 1.95. The smallest absolute Gasteiger partial charge is 0.324 e. The van der Waals surface area contributed by atoms with Crippen molar-refractivity contribution >= 4 is 17.5 Å². The lowest BCUT2D eigenvalue weighted by molar-refractivity contribution is 0.340. The van der Waals surface area contributed by atoms with Gasteiger partial charge in [-0.3, -0.25) is 0 Å². The SMILES string of the molecule is COc1nc(NC(CCCl)C(C)C)nc(OC)n1. The number of nitrogens with one attached hydrogen (secondary N) is 1. The average Bonchev–Trinajstić information content (AvgIpc) is 2.37. The number of aromatic nitrogens is 3. The van der Waals surface area contributed by atoms with E-state index in [1.807, 2.05) is 0 Å². The van der Waals surface area contributed by atoms with Gasteiger partial charge in [-0.25, -0.2) is 0 Å².